The lowest BCUT2D eigenvalue weighted by Gasteiger charge is -1.98. The molecule has 78 valence electrons. The van der Waals surface area contributed by atoms with E-state index in [1.807, 2.05) is 25.4 Å². The van der Waals surface area contributed by atoms with Crippen molar-refractivity contribution in [1.82, 2.24) is 9.97 Å². The number of rotatable bonds is 3. The van der Waals surface area contributed by atoms with Crippen LogP contribution in [0.1, 0.15) is 11.3 Å². The van der Waals surface area contributed by atoms with E-state index in [0.29, 0.717) is 0 Å². The molecule has 5 heteroatoms. The summed E-state index contributed by atoms with van der Waals surface area (Å²) in [4.78, 5) is 8.42. The highest BCUT2D eigenvalue weighted by atomic mass is 127. The number of halogens is 1. The van der Waals surface area contributed by atoms with Gasteiger partial charge in [0.25, 0.3) is 0 Å². The lowest BCUT2D eigenvalue weighted by molar-refractivity contribution is 0.527. The van der Waals surface area contributed by atoms with Gasteiger partial charge in [-0.2, -0.15) is 0 Å². The van der Waals surface area contributed by atoms with E-state index in [-0.39, 0.29) is 0 Å². The molecule has 0 aliphatic rings. The summed E-state index contributed by atoms with van der Waals surface area (Å²) in [6.07, 6.45) is 5.33. The molecule has 0 spiro atoms. The Hall–Kier alpha value is -0.560. The molecular formula is C10H9IN2OS. The van der Waals surface area contributed by atoms with Crippen LogP contribution in [0.4, 0.5) is 0 Å². The van der Waals surface area contributed by atoms with E-state index in [1.54, 1.807) is 18.0 Å². The Labute approximate surface area is 106 Å². The van der Waals surface area contributed by atoms with Crippen molar-refractivity contribution in [2.75, 3.05) is 0 Å². The highest BCUT2D eigenvalue weighted by molar-refractivity contribution is 14.1. The number of nitrogens with zero attached hydrogens (tertiary/aromatic N) is 2. The average Bonchev–Trinajstić information content (AvgIpc) is 2.63. The van der Waals surface area contributed by atoms with Gasteiger partial charge in [0.05, 0.1) is 12.0 Å². The number of aryl methyl sites for hydroxylation is 1. The second-order valence-corrected chi connectivity index (χ2v) is 5.19. The standard InChI is InChI=1S/C10H9IN2OS/c1-7-2-3-14-9(7)6-15-10-12-4-8(11)5-13-10/h2-5H,6H2,1H3. The lowest BCUT2D eigenvalue weighted by Crippen LogP contribution is -1.87. The molecule has 0 aliphatic heterocycles. The van der Waals surface area contributed by atoms with Gasteiger partial charge in [-0.15, -0.1) is 0 Å². The van der Waals surface area contributed by atoms with Gasteiger partial charge in [-0.25, -0.2) is 9.97 Å². The van der Waals surface area contributed by atoms with Crippen molar-refractivity contribution in [1.29, 1.82) is 0 Å². The predicted molar refractivity (Wildman–Crippen MR) is 67.8 cm³/mol. The number of hydrogen-bond acceptors (Lipinski definition) is 4. The van der Waals surface area contributed by atoms with Gasteiger partial charge in [0.1, 0.15) is 5.76 Å². The topological polar surface area (TPSA) is 38.9 Å². The molecule has 0 bridgehead atoms. The fourth-order valence-corrected chi connectivity index (χ4v) is 2.15. The minimum atomic E-state index is 0.777. The van der Waals surface area contributed by atoms with Crippen LogP contribution in [0.3, 0.4) is 0 Å². The van der Waals surface area contributed by atoms with Crippen LogP contribution in [-0.2, 0) is 5.75 Å². The van der Waals surface area contributed by atoms with Gasteiger partial charge in [0.2, 0.25) is 0 Å². The van der Waals surface area contributed by atoms with Crippen LogP contribution in [0.5, 0.6) is 0 Å². The number of thioether (sulfide) groups is 1. The van der Waals surface area contributed by atoms with E-state index in [9.17, 15) is 0 Å². The van der Waals surface area contributed by atoms with Crippen molar-refractivity contribution in [2.45, 2.75) is 17.8 Å². The normalized spacial score (nSPS) is 10.5. The Kier molecular flexibility index (Phi) is 3.63. The summed E-state index contributed by atoms with van der Waals surface area (Å²) < 4.78 is 6.38. The zero-order chi connectivity index (χ0) is 10.7. The molecule has 2 aromatic rings. The van der Waals surface area contributed by atoms with Gasteiger partial charge in [-0.3, -0.25) is 0 Å². The molecule has 3 nitrogen and oxygen atoms in total. The summed E-state index contributed by atoms with van der Waals surface area (Å²) in [7, 11) is 0. The molecule has 0 N–H and O–H groups in total. The summed E-state index contributed by atoms with van der Waals surface area (Å²) in [5.74, 6) is 1.77. The SMILES string of the molecule is Cc1ccoc1CSc1ncc(I)cn1. The van der Waals surface area contributed by atoms with Crippen LogP contribution in [-0.4, -0.2) is 9.97 Å². The van der Waals surface area contributed by atoms with Crippen molar-refractivity contribution in [3.8, 4) is 0 Å². The molecule has 2 aromatic heterocycles. The summed E-state index contributed by atoms with van der Waals surface area (Å²) in [5, 5.41) is 0.784. The summed E-state index contributed by atoms with van der Waals surface area (Å²) in [5.41, 5.74) is 1.17. The fourth-order valence-electron chi connectivity index (χ4n) is 1.06. The molecule has 0 fully saturated rings. The molecule has 0 radical (unpaired) electrons. The molecular weight excluding hydrogens is 323 g/mol. The van der Waals surface area contributed by atoms with Crippen LogP contribution in [0.25, 0.3) is 0 Å². The van der Waals surface area contributed by atoms with Gasteiger partial charge in [0.15, 0.2) is 5.16 Å². The number of hydrogen-bond donors (Lipinski definition) is 0. The Bertz CT molecular complexity index is 441. The maximum absolute atomic E-state index is 5.33. The quantitative estimate of drug-likeness (QED) is 0.491. The molecule has 0 unspecified atom stereocenters. The van der Waals surface area contributed by atoms with E-state index < -0.39 is 0 Å². The minimum absolute atomic E-state index is 0.777. The van der Waals surface area contributed by atoms with Crippen molar-refractivity contribution < 1.29 is 4.42 Å². The van der Waals surface area contributed by atoms with Gasteiger partial charge < -0.3 is 4.42 Å². The summed E-state index contributed by atoms with van der Waals surface area (Å²) in [6.45, 7) is 2.04. The van der Waals surface area contributed by atoms with Crippen molar-refractivity contribution in [2.24, 2.45) is 0 Å². The first-order valence-corrected chi connectivity index (χ1v) is 6.45. The zero-order valence-electron chi connectivity index (χ0n) is 8.11. The molecule has 15 heavy (non-hydrogen) atoms. The fraction of sp³-hybridized carbons (Fsp3) is 0.200. The Morgan fingerprint density at radius 1 is 1.40 bits per heavy atom. The molecule has 0 amide bonds. The van der Waals surface area contributed by atoms with E-state index in [4.69, 9.17) is 4.42 Å². The Balaban J connectivity index is 1.99. The van der Waals surface area contributed by atoms with Crippen molar-refractivity contribution >= 4 is 34.4 Å². The second kappa shape index (κ2) is 4.98. The zero-order valence-corrected chi connectivity index (χ0v) is 11.1. The number of furan rings is 1. The second-order valence-electron chi connectivity index (χ2n) is 3.00. The maximum atomic E-state index is 5.33. The first-order chi connectivity index (χ1) is 7.25. The maximum Gasteiger partial charge on any atom is 0.187 e. The van der Waals surface area contributed by atoms with Crippen LogP contribution in [0.15, 0.2) is 34.3 Å². The van der Waals surface area contributed by atoms with E-state index in [0.717, 1.165) is 20.2 Å². The van der Waals surface area contributed by atoms with Crippen molar-refractivity contribution in [3.63, 3.8) is 0 Å². The molecule has 0 saturated carbocycles. The molecule has 0 aromatic carbocycles. The largest absolute Gasteiger partial charge is 0.468 e. The minimum Gasteiger partial charge on any atom is -0.468 e. The predicted octanol–water partition coefficient (Wildman–Crippen LogP) is 3.27. The molecule has 0 aliphatic carbocycles. The van der Waals surface area contributed by atoms with Crippen LogP contribution in [0.2, 0.25) is 0 Å². The van der Waals surface area contributed by atoms with E-state index >= 15 is 0 Å². The smallest absolute Gasteiger partial charge is 0.187 e. The van der Waals surface area contributed by atoms with Gasteiger partial charge in [-0.05, 0) is 41.1 Å². The average molecular weight is 332 g/mol. The van der Waals surface area contributed by atoms with Crippen LogP contribution < -0.4 is 0 Å². The van der Waals surface area contributed by atoms with Gasteiger partial charge in [-0.1, -0.05) is 11.8 Å². The first-order valence-electron chi connectivity index (χ1n) is 4.39. The highest BCUT2D eigenvalue weighted by Gasteiger charge is 2.04. The van der Waals surface area contributed by atoms with Gasteiger partial charge in [0, 0.05) is 16.0 Å². The Morgan fingerprint density at radius 2 is 2.13 bits per heavy atom. The summed E-state index contributed by atoms with van der Waals surface area (Å²) >= 11 is 3.77. The van der Waals surface area contributed by atoms with Crippen LogP contribution in [0, 0.1) is 10.5 Å². The lowest BCUT2D eigenvalue weighted by atomic mass is 10.3. The molecule has 0 atom stereocenters. The highest BCUT2D eigenvalue weighted by Crippen LogP contribution is 2.21. The van der Waals surface area contributed by atoms with Crippen molar-refractivity contribution in [3.05, 3.63) is 39.6 Å². The first kappa shape index (κ1) is 10.9. The third kappa shape index (κ3) is 2.94. The monoisotopic (exact) mass is 332 g/mol. The third-order valence-corrected chi connectivity index (χ3v) is 3.33. The molecule has 2 rings (SSSR count). The van der Waals surface area contributed by atoms with Crippen LogP contribution >= 0.6 is 34.4 Å². The van der Waals surface area contributed by atoms with Gasteiger partial charge >= 0.3 is 0 Å². The van der Waals surface area contributed by atoms with E-state index in [2.05, 4.69) is 32.6 Å². The third-order valence-electron chi connectivity index (χ3n) is 1.90. The molecule has 0 saturated heterocycles. The Morgan fingerprint density at radius 3 is 2.73 bits per heavy atom. The summed E-state index contributed by atoms with van der Waals surface area (Å²) in [6, 6.07) is 1.96. The molecule has 2 heterocycles. The van der Waals surface area contributed by atoms with E-state index in [1.165, 1.54) is 5.56 Å². The number of aromatic nitrogens is 2.